The van der Waals surface area contributed by atoms with E-state index in [1.54, 1.807) is 18.2 Å². The minimum atomic E-state index is -0.405. The number of pyridine rings is 1. The molecule has 0 spiro atoms. The highest BCUT2D eigenvalue weighted by Gasteiger charge is 2.10. The molecule has 1 aromatic heterocycles. The lowest BCUT2D eigenvalue weighted by Crippen LogP contribution is -2.05. The van der Waals surface area contributed by atoms with E-state index in [0.717, 1.165) is 26.5 Å². The number of ether oxygens (including phenoxy) is 1. The summed E-state index contributed by atoms with van der Waals surface area (Å²) in [5.41, 5.74) is 2.56. The van der Waals surface area contributed by atoms with Crippen LogP contribution in [0.1, 0.15) is 10.4 Å². The number of hydrogen-bond donors (Lipinski definition) is 1. The first kappa shape index (κ1) is 14.5. The first-order chi connectivity index (χ1) is 10.6. The molecule has 0 atom stereocenters. The summed E-state index contributed by atoms with van der Waals surface area (Å²) in [5, 5.41) is 0.899. The molecule has 0 saturated heterocycles. The Balaban J connectivity index is 2.28. The number of carbonyl (C=O) groups excluding carboxylic acids is 1. The van der Waals surface area contributed by atoms with Crippen molar-refractivity contribution >= 4 is 32.8 Å². The van der Waals surface area contributed by atoms with E-state index in [1.165, 1.54) is 13.2 Å². The molecular formula is C17H12BrNO3. The summed E-state index contributed by atoms with van der Waals surface area (Å²) in [6.07, 6.45) is 0. The van der Waals surface area contributed by atoms with E-state index in [4.69, 9.17) is 4.74 Å². The van der Waals surface area contributed by atoms with Crippen molar-refractivity contribution in [2.24, 2.45) is 0 Å². The van der Waals surface area contributed by atoms with Gasteiger partial charge in [0.25, 0.3) is 0 Å². The predicted molar refractivity (Wildman–Crippen MR) is 89.0 cm³/mol. The van der Waals surface area contributed by atoms with E-state index >= 15 is 0 Å². The molecular weight excluding hydrogens is 346 g/mol. The highest BCUT2D eigenvalue weighted by molar-refractivity contribution is 9.10. The number of halogens is 1. The van der Waals surface area contributed by atoms with E-state index in [1.807, 2.05) is 24.3 Å². The molecule has 0 aliphatic rings. The van der Waals surface area contributed by atoms with Crippen LogP contribution in [0, 0.1) is 0 Å². The van der Waals surface area contributed by atoms with Crippen LogP contribution in [0.4, 0.5) is 0 Å². The second-order valence-electron chi connectivity index (χ2n) is 4.81. The zero-order valence-corrected chi connectivity index (χ0v) is 13.3. The zero-order valence-electron chi connectivity index (χ0n) is 11.7. The van der Waals surface area contributed by atoms with Crippen LogP contribution in [-0.4, -0.2) is 18.1 Å². The third-order valence-electron chi connectivity index (χ3n) is 3.40. The Kier molecular flexibility index (Phi) is 3.81. The minimum Gasteiger partial charge on any atom is -0.465 e. The maximum Gasteiger partial charge on any atom is 0.337 e. The molecule has 22 heavy (non-hydrogen) atoms. The van der Waals surface area contributed by atoms with Crippen LogP contribution >= 0.6 is 15.9 Å². The van der Waals surface area contributed by atoms with Gasteiger partial charge in [-0.1, -0.05) is 28.1 Å². The highest BCUT2D eigenvalue weighted by Crippen LogP contribution is 2.29. The normalized spacial score (nSPS) is 10.6. The zero-order chi connectivity index (χ0) is 15.7. The van der Waals surface area contributed by atoms with Gasteiger partial charge >= 0.3 is 5.97 Å². The molecule has 1 heterocycles. The molecule has 4 nitrogen and oxygen atoms in total. The highest BCUT2D eigenvalue weighted by atomic mass is 79.9. The predicted octanol–water partition coefficient (Wildman–Crippen LogP) is 3.74. The van der Waals surface area contributed by atoms with Gasteiger partial charge in [0.05, 0.1) is 12.7 Å². The SMILES string of the molecule is COC(=O)c1cccc(-c2cc(=O)[nH]c3ccc(Br)cc23)c1. The lowest BCUT2D eigenvalue weighted by molar-refractivity contribution is 0.0601. The van der Waals surface area contributed by atoms with Crippen molar-refractivity contribution < 1.29 is 9.53 Å². The number of aromatic amines is 1. The largest absolute Gasteiger partial charge is 0.465 e. The topological polar surface area (TPSA) is 59.2 Å². The van der Waals surface area contributed by atoms with Crippen LogP contribution in [0.2, 0.25) is 0 Å². The standard InChI is InChI=1S/C17H12BrNO3/c1-22-17(21)11-4-2-3-10(7-11)13-9-16(20)19-15-6-5-12(18)8-14(13)15/h2-9H,1H3,(H,19,20). The molecule has 0 aliphatic heterocycles. The molecule has 3 aromatic rings. The van der Waals surface area contributed by atoms with Crippen molar-refractivity contribution in [2.45, 2.75) is 0 Å². The molecule has 110 valence electrons. The number of hydrogen-bond acceptors (Lipinski definition) is 3. The van der Waals surface area contributed by atoms with Gasteiger partial charge in [-0.25, -0.2) is 4.79 Å². The molecule has 0 amide bonds. The number of carbonyl (C=O) groups is 1. The molecule has 0 radical (unpaired) electrons. The van der Waals surface area contributed by atoms with Gasteiger partial charge in [-0.2, -0.15) is 0 Å². The van der Waals surface area contributed by atoms with E-state index < -0.39 is 5.97 Å². The second-order valence-corrected chi connectivity index (χ2v) is 5.73. The third kappa shape index (κ3) is 2.67. The minimum absolute atomic E-state index is 0.187. The molecule has 0 fully saturated rings. The monoisotopic (exact) mass is 357 g/mol. The van der Waals surface area contributed by atoms with Crippen molar-refractivity contribution in [1.29, 1.82) is 0 Å². The Hall–Kier alpha value is -2.40. The number of rotatable bonds is 2. The van der Waals surface area contributed by atoms with Gasteiger partial charge in [-0.3, -0.25) is 4.79 Å². The summed E-state index contributed by atoms with van der Waals surface area (Å²) in [6.45, 7) is 0. The van der Waals surface area contributed by atoms with Gasteiger partial charge in [0.15, 0.2) is 0 Å². The van der Waals surface area contributed by atoms with Crippen molar-refractivity contribution in [1.82, 2.24) is 4.98 Å². The van der Waals surface area contributed by atoms with Crippen LogP contribution in [0.3, 0.4) is 0 Å². The van der Waals surface area contributed by atoms with Gasteiger partial charge in [0.2, 0.25) is 5.56 Å². The van der Waals surface area contributed by atoms with Crippen molar-refractivity contribution in [3.63, 3.8) is 0 Å². The lowest BCUT2D eigenvalue weighted by Gasteiger charge is -2.08. The van der Waals surface area contributed by atoms with Crippen molar-refractivity contribution in [2.75, 3.05) is 7.11 Å². The average molecular weight is 358 g/mol. The maximum absolute atomic E-state index is 11.9. The molecule has 0 unspecified atom stereocenters. The second kappa shape index (κ2) is 5.77. The van der Waals surface area contributed by atoms with E-state index in [2.05, 4.69) is 20.9 Å². The Morgan fingerprint density at radius 1 is 1.14 bits per heavy atom. The van der Waals surface area contributed by atoms with Gasteiger partial charge in [-0.15, -0.1) is 0 Å². The summed E-state index contributed by atoms with van der Waals surface area (Å²) < 4.78 is 5.66. The molecule has 0 saturated carbocycles. The van der Waals surface area contributed by atoms with E-state index in [0.29, 0.717) is 5.56 Å². The molecule has 2 aromatic carbocycles. The fourth-order valence-electron chi connectivity index (χ4n) is 2.40. The summed E-state index contributed by atoms with van der Waals surface area (Å²) in [6, 6.07) is 14.2. The van der Waals surface area contributed by atoms with Crippen LogP contribution in [0.5, 0.6) is 0 Å². The lowest BCUT2D eigenvalue weighted by atomic mass is 9.99. The molecule has 5 heteroatoms. The van der Waals surface area contributed by atoms with Crippen molar-refractivity contribution in [3.05, 3.63) is 68.9 Å². The molecule has 3 rings (SSSR count). The first-order valence-corrected chi connectivity index (χ1v) is 7.39. The van der Waals surface area contributed by atoms with Gasteiger partial charge < -0.3 is 9.72 Å². The number of aromatic nitrogens is 1. The van der Waals surface area contributed by atoms with E-state index in [-0.39, 0.29) is 5.56 Å². The Labute approximate surface area is 134 Å². The number of esters is 1. The fraction of sp³-hybridized carbons (Fsp3) is 0.0588. The first-order valence-electron chi connectivity index (χ1n) is 6.60. The molecule has 0 bridgehead atoms. The number of methoxy groups -OCH3 is 1. The number of nitrogens with one attached hydrogen (secondary N) is 1. The maximum atomic E-state index is 11.9. The third-order valence-corrected chi connectivity index (χ3v) is 3.89. The fourth-order valence-corrected chi connectivity index (χ4v) is 2.76. The van der Waals surface area contributed by atoms with Crippen LogP contribution in [0.25, 0.3) is 22.0 Å². The Bertz CT molecular complexity index is 931. The van der Waals surface area contributed by atoms with Crippen LogP contribution in [0.15, 0.2) is 57.8 Å². The summed E-state index contributed by atoms with van der Waals surface area (Å²) in [4.78, 5) is 26.4. The quantitative estimate of drug-likeness (QED) is 0.710. The summed E-state index contributed by atoms with van der Waals surface area (Å²) in [7, 11) is 1.34. The molecule has 0 aliphatic carbocycles. The summed E-state index contributed by atoms with van der Waals surface area (Å²) in [5.74, 6) is -0.405. The number of H-pyrrole nitrogens is 1. The molecule has 1 N–H and O–H groups in total. The van der Waals surface area contributed by atoms with Crippen LogP contribution in [-0.2, 0) is 4.74 Å². The van der Waals surface area contributed by atoms with E-state index in [9.17, 15) is 9.59 Å². The van der Waals surface area contributed by atoms with Crippen molar-refractivity contribution in [3.8, 4) is 11.1 Å². The summed E-state index contributed by atoms with van der Waals surface area (Å²) >= 11 is 3.44. The van der Waals surface area contributed by atoms with Gasteiger partial charge in [0.1, 0.15) is 0 Å². The van der Waals surface area contributed by atoms with Gasteiger partial charge in [0, 0.05) is 21.4 Å². The smallest absolute Gasteiger partial charge is 0.337 e. The Morgan fingerprint density at radius 3 is 2.73 bits per heavy atom. The Morgan fingerprint density at radius 2 is 1.95 bits per heavy atom. The van der Waals surface area contributed by atoms with Gasteiger partial charge in [-0.05, 0) is 41.5 Å². The average Bonchev–Trinajstić information content (AvgIpc) is 2.54. The number of fused-ring (bicyclic) bond motifs is 1. The number of benzene rings is 2. The van der Waals surface area contributed by atoms with Crippen LogP contribution < -0.4 is 5.56 Å².